The Hall–Kier alpha value is -3.25. The molecular weight excluding hydrogens is 499 g/mol. The first-order chi connectivity index (χ1) is 16.5. The number of aromatic nitrogens is 3. The van der Waals surface area contributed by atoms with Crippen molar-refractivity contribution in [2.75, 3.05) is 18.7 Å². The Morgan fingerprint density at radius 2 is 2.06 bits per heavy atom. The number of methoxy groups -OCH3 is 1. The lowest BCUT2D eigenvalue weighted by Crippen LogP contribution is -2.17. The standard InChI is InChI=1S/C23H22ClFN4O5S/c1-29-10-17(14-4-5-26-20(14)22(29)30)16-6-12(11-35(3,32)33)15(23(31)34-2)8-19(16)28-21-18(25)7-13(24)9-27-21/h4-10,23,26,31H,11H2,1-3H3,(H,27,28). The van der Waals surface area contributed by atoms with Crippen molar-refractivity contribution < 1.29 is 22.7 Å². The minimum Gasteiger partial charge on any atom is -0.364 e. The lowest BCUT2D eigenvalue weighted by atomic mass is 9.96. The lowest BCUT2D eigenvalue weighted by molar-refractivity contribution is -0.0773. The van der Waals surface area contributed by atoms with Gasteiger partial charge in [0.25, 0.3) is 5.56 Å². The minimum atomic E-state index is -3.51. The molecule has 3 heterocycles. The molecule has 0 aliphatic heterocycles. The van der Waals surface area contributed by atoms with Crippen LogP contribution in [0.5, 0.6) is 0 Å². The van der Waals surface area contributed by atoms with E-state index < -0.39 is 21.9 Å². The lowest BCUT2D eigenvalue weighted by Gasteiger charge is -2.21. The number of benzene rings is 1. The quantitative estimate of drug-likeness (QED) is 0.317. The average molecular weight is 521 g/mol. The molecule has 12 heteroatoms. The minimum absolute atomic E-state index is 0.111. The third kappa shape index (κ3) is 5.08. The Morgan fingerprint density at radius 1 is 1.31 bits per heavy atom. The van der Waals surface area contributed by atoms with E-state index >= 15 is 0 Å². The molecule has 0 spiro atoms. The second-order valence-corrected chi connectivity index (χ2v) is 10.7. The van der Waals surface area contributed by atoms with Gasteiger partial charge in [-0.25, -0.2) is 17.8 Å². The zero-order valence-corrected chi connectivity index (χ0v) is 20.5. The highest BCUT2D eigenvalue weighted by molar-refractivity contribution is 7.89. The summed E-state index contributed by atoms with van der Waals surface area (Å²) in [4.78, 5) is 19.5. The van der Waals surface area contributed by atoms with Gasteiger partial charge in [0.2, 0.25) is 0 Å². The maximum absolute atomic E-state index is 14.6. The Balaban J connectivity index is 2.04. The normalized spacial score (nSPS) is 12.7. The number of anilines is 2. The molecule has 0 saturated carbocycles. The molecule has 0 bridgehead atoms. The number of ether oxygens (including phenoxy) is 1. The molecule has 1 atom stereocenters. The number of pyridine rings is 2. The summed E-state index contributed by atoms with van der Waals surface area (Å²) < 4.78 is 45.4. The molecule has 3 aromatic heterocycles. The molecular formula is C23H22ClFN4O5S. The number of nitrogens with one attached hydrogen (secondary N) is 2. The molecule has 4 aromatic rings. The van der Waals surface area contributed by atoms with E-state index in [1.54, 1.807) is 31.6 Å². The molecule has 9 nitrogen and oxygen atoms in total. The summed E-state index contributed by atoms with van der Waals surface area (Å²) in [5.41, 5.74) is 1.86. The monoisotopic (exact) mass is 520 g/mol. The largest absolute Gasteiger partial charge is 0.364 e. The summed E-state index contributed by atoms with van der Waals surface area (Å²) in [5, 5.41) is 14.1. The SMILES string of the molecule is COC(O)c1cc(Nc2ncc(Cl)cc2F)c(-c2cn(C)c(=O)c3[nH]ccc23)cc1CS(C)(=O)=O. The molecule has 4 rings (SSSR count). The summed E-state index contributed by atoms with van der Waals surface area (Å²) in [7, 11) is -0.652. The van der Waals surface area contributed by atoms with Crippen LogP contribution in [0.3, 0.4) is 0 Å². The maximum Gasteiger partial charge on any atom is 0.274 e. The third-order valence-electron chi connectivity index (χ3n) is 5.43. The first kappa shape index (κ1) is 24.9. The molecule has 0 saturated heterocycles. The zero-order chi connectivity index (χ0) is 25.5. The Kier molecular flexibility index (Phi) is 6.69. The fourth-order valence-electron chi connectivity index (χ4n) is 3.87. The molecule has 0 radical (unpaired) electrons. The number of aryl methyl sites for hydroxylation is 1. The van der Waals surface area contributed by atoms with Crippen LogP contribution in [0.2, 0.25) is 5.02 Å². The van der Waals surface area contributed by atoms with Crippen LogP contribution in [0.15, 0.2) is 47.7 Å². The van der Waals surface area contributed by atoms with Gasteiger partial charge in [0.05, 0.1) is 10.8 Å². The number of hydrogen-bond donors (Lipinski definition) is 3. The van der Waals surface area contributed by atoms with Crippen LogP contribution < -0.4 is 10.9 Å². The number of aliphatic hydroxyl groups excluding tert-OH is 1. The summed E-state index contributed by atoms with van der Waals surface area (Å²) in [6.45, 7) is 0. The smallest absolute Gasteiger partial charge is 0.274 e. The first-order valence-electron chi connectivity index (χ1n) is 10.3. The van der Waals surface area contributed by atoms with Gasteiger partial charge in [-0.15, -0.1) is 0 Å². The van der Waals surface area contributed by atoms with Crippen LogP contribution in [0.1, 0.15) is 17.4 Å². The van der Waals surface area contributed by atoms with E-state index in [1.165, 1.54) is 23.9 Å². The second-order valence-electron chi connectivity index (χ2n) is 8.09. The van der Waals surface area contributed by atoms with Crippen molar-refractivity contribution in [3.63, 3.8) is 0 Å². The third-order valence-corrected chi connectivity index (χ3v) is 6.47. The van der Waals surface area contributed by atoms with Crippen molar-refractivity contribution in [3.8, 4) is 11.1 Å². The molecule has 35 heavy (non-hydrogen) atoms. The molecule has 1 unspecified atom stereocenters. The van der Waals surface area contributed by atoms with Crippen LogP contribution >= 0.6 is 11.6 Å². The highest BCUT2D eigenvalue weighted by atomic mass is 35.5. The molecule has 1 aromatic carbocycles. The van der Waals surface area contributed by atoms with E-state index in [0.29, 0.717) is 27.7 Å². The van der Waals surface area contributed by atoms with Crippen LogP contribution in [0, 0.1) is 5.82 Å². The summed E-state index contributed by atoms with van der Waals surface area (Å²) in [6, 6.07) is 5.85. The van der Waals surface area contributed by atoms with Gasteiger partial charge in [-0.1, -0.05) is 11.6 Å². The van der Waals surface area contributed by atoms with E-state index in [2.05, 4.69) is 15.3 Å². The number of hydrogen-bond acceptors (Lipinski definition) is 7. The number of rotatable bonds is 7. The van der Waals surface area contributed by atoms with Gasteiger partial charge < -0.3 is 24.7 Å². The first-order valence-corrected chi connectivity index (χ1v) is 12.7. The predicted molar refractivity (Wildman–Crippen MR) is 132 cm³/mol. The number of sulfone groups is 1. The van der Waals surface area contributed by atoms with Crippen molar-refractivity contribution in [2.45, 2.75) is 12.0 Å². The van der Waals surface area contributed by atoms with E-state index in [1.807, 2.05) is 0 Å². The summed E-state index contributed by atoms with van der Waals surface area (Å²) in [5.74, 6) is -1.24. The molecule has 184 valence electrons. The number of nitrogens with zero attached hydrogens (tertiary/aromatic N) is 2. The van der Waals surface area contributed by atoms with Crippen molar-refractivity contribution in [2.24, 2.45) is 7.05 Å². The zero-order valence-electron chi connectivity index (χ0n) is 19.0. The number of aromatic amines is 1. The summed E-state index contributed by atoms with van der Waals surface area (Å²) in [6.07, 6.45) is 4.11. The van der Waals surface area contributed by atoms with Gasteiger partial charge >= 0.3 is 0 Å². The Bertz CT molecular complexity index is 1600. The van der Waals surface area contributed by atoms with E-state index in [0.717, 1.165) is 12.3 Å². The van der Waals surface area contributed by atoms with Crippen molar-refractivity contribution in [1.29, 1.82) is 0 Å². The Morgan fingerprint density at radius 3 is 2.71 bits per heavy atom. The molecule has 3 N–H and O–H groups in total. The maximum atomic E-state index is 14.6. The fraction of sp³-hybridized carbons (Fsp3) is 0.217. The highest BCUT2D eigenvalue weighted by Gasteiger charge is 2.22. The van der Waals surface area contributed by atoms with Crippen LogP contribution in [0.25, 0.3) is 22.0 Å². The molecule has 0 amide bonds. The van der Waals surface area contributed by atoms with Gasteiger partial charge in [-0.05, 0) is 29.8 Å². The highest BCUT2D eigenvalue weighted by Crippen LogP contribution is 2.38. The van der Waals surface area contributed by atoms with Gasteiger partial charge in [0, 0.05) is 66.8 Å². The number of fused-ring (bicyclic) bond motifs is 1. The number of aliphatic hydroxyl groups is 1. The summed E-state index contributed by atoms with van der Waals surface area (Å²) >= 11 is 5.83. The van der Waals surface area contributed by atoms with Crippen molar-refractivity contribution >= 4 is 43.8 Å². The van der Waals surface area contributed by atoms with Crippen LogP contribution in [-0.4, -0.2) is 41.4 Å². The van der Waals surface area contributed by atoms with Gasteiger partial charge in [-0.3, -0.25) is 4.79 Å². The molecule has 0 aliphatic rings. The molecule has 0 aliphatic carbocycles. The van der Waals surface area contributed by atoms with Crippen molar-refractivity contribution in [3.05, 3.63) is 75.2 Å². The fourth-order valence-corrected chi connectivity index (χ4v) is 4.83. The average Bonchev–Trinajstić information content (AvgIpc) is 3.27. The number of H-pyrrole nitrogens is 1. The number of halogens is 2. The van der Waals surface area contributed by atoms with Gasteiger partial charge in [0.15, 0.2) is 27.8 Å². The van der Waals surface area contributed by atoms with Gasteiger partial charge in [0.1, 0.15) is 5.52 Å². The van der Waals surface area contributed by atoms with Gasteiger partial charge in [-0.2, -0.15) is 0 Å². The van der Waals surface area contributed by atoms with E-state index in [4.69, 9.17) is 16.3 Å². The van der Waals surface area contributed by atoms with Crippen molar-refractivity contribution in [1.82, 2.24) is 14.5 Å². The van der Waals surface area contributed by atoms with E-state index in [-0.39, 0.29) is 33.3 Å². The van der Waals surface area contributed by atoms with Crippen LogP contribution in [-0.2, 0) is 27.4 Å². The molecule has 0 fully saturated rings. The second kappa shape index (κ2) is 9.42. The van der Waals surface area contributed by atoms with Crippen LogP contribution in [0.4, 0.5) is 15.9 Å². The Labute approximate surface area is 205 Å². The van der Waals surface area contributed by atoms with E-state index in [9.17, 15) is 22.7 Å². The topological polar surface area (TPSA) is 126 Å². The predicted octanol–water partition coefficient (Wildman–Crippen LogP) is 3.65.